The van der Waals surface area contributed by atoms with Crippen LogP contribution >= 0.6 is 0 Å². The molecular formula is C10H11FN2O. The molecule has 0 aliphatic rings. The van der Waals surface area contributed by atoms with Crippen molar-refractivity contribution in [1.82, 2.24) is 10.3 Å². The molecule has 0 aliphatic carbocycles. The SMILES string of the molecule is CC(=O)NCC=Cc1cncc(F)c1. The first-order valence-electron chi connectivity index (χ1n) is 4.20. The molecule has 1 N–H and O–H groups in total. The summed E-state index contributed by atoms with van der Waals surface area (Å²) < 4.78 is 12.6. The first kappa shape index (κ1) is 10.4. The molecule has 0 aromatic carbocycles. The molecule has 0 aliphatic heterocycles. The average Bonchev–Trinajstić information content (AvgIpc) is 2.12. The maximum Gasteiger partial charge on any atom is 0.217 e. The zero-order valence-electron chi connectivity index (χ0n) is 7.83. The minimum absolute atomic E-state index is 0.0907. The molecule has 0 bridgehead atoms. The van der Waals surface area contributed by atoms with E-state index in [1.807, 2.05) is 0 Å². The lowest BCUT2D eigenvalue weighted by molar-refractivity contribution is -0.118. The lowest BCUT2D eigenvalue weighted by Crippen LogP contribution is -2.19. The largest absolute Gasteiger partial charge is 0.353 e. The summed E-state index contributed by atoms with van der Waals surface area (Å²) >= 11 is 0. The van der Waals surface area contributed by atoms with Crippen molar-refractivity contribution < 1.29 is 9.18 Å². The molecule has 0 atom stereocenters. The number of pyridine rings is 1. The number of hydrogen-bond donors (Lipinski definition) is 1. The van der Waals surface area contributed by atoms with Crippen LogP contribution in [-0.4, -0.2) is 17.4 Å². The highest BCUT2D eigenvalue weighted by molar-refractivity contribution is 5.73. The van der Waals surface area contributed by atoms with Gasteiger partial charge >= 0.3 is 0 Å². The Bertz CT molecular complexity index is 350. The van der Waals surface area contributed by atoms with Crippen LogP contribution in [0.2, 0.25) is 0 Å². The molecule has 0 spiro atoms. The number of rotatable bonds is 3. The standard InChI is InChI=1S/C10H11FN2O/c1-8(14)13-4-2-3-9-5-10(11)7-12-6-9/h2-3,5-7H,4H2,1H3,(H,13,14). The van der Waals surface area contributed by atoms with E-state index in [-0.39, 0.29) is 11.7 Å². The molecule has 0 saturated heterocycles. The maximum atomic E-state index is 12.6. The van der Waals surface area contributed by atoms with E-state index in [9.17, 15) is 9.18 Å². The molecule has 1 heterocycles. The monoisotopic (exact) mass is 194 g/mol. The number of hydrogen-bond acceptors (Lipinski definition) is 2. The van der Waals surface area contributed by atoms with Crippen molar-refractivity contribution in [1.29, 1.82) is 0 Å². The molecule has 1 rings (SSSR count). The number of aromatic nitrogens is 1. The molecule has 0 fully saturated rings. The van der Waals surface area contributed by atoms with Crippen LogP contribution in [0.25, 0.3) is 6.08 Å². The third-order valence-electron chi connectivity index (χ3n) is 1.51. The van der Waals surface area contributed by atoms with Gasteiger partial charge in [0.1, 0.15) is 5.82 Å². The first-order valence-corrected chi connectivity index (χ1v) is 4.20. The number of carbonyl (C=O) groups is 1. The van der Waals surface area contributed by atoms with E-state index < -0.39 is 0 Å². The average molecular weight is 194 g/mol. The lowest BCUT2D eigenvalue weighted by Gasteiger charge is -1.95. The van der Waals surface area contributed by atoms with Crippen LogP contribution in [0.3, 0.4) is 0 Å². The molecule has 3 nitrogen and oxygen atoms in total. The van der Waals surface area contributed by atoms with Crippen molar-refractivity contribution in [3.05, 3.63) is 35.9 Å². The quantitative estimate of drug-likeness (QED) is 0.789. The van der Waals surface area contributed by atoms with Gasteiger partial charge in [-0.1, -0.05) is 12.2 Å². The molecule has 0 saturated carbocycles. The van der Waals surface area contributed by atoms with Crippen molar-refractivity contribution in [3.63, 3.8) is 0 Å². The highest BCUT2D eigenvalue weighted by Gasteiger charge is 1.91. The lowest BCUT2D eigenvalue weighted by atomic mass is 10.2. The Labute approximate surface area is 81.7 Å². The summed E-state index contributed by atoms with van der Waals surface area (Å²) in [4.78, 5) is 14.2. The van der Waals surface area contributed by atoms with Crippen molar-refractivity contribution in [2.75, 3.05) is 6.54 Å². The van der Waals surface area contributed by atoms with Crippen LogP contribution in [0, 0.1) is 5.82 Å². The molecule has 0 radical (unpaired) electrons. The van der Waals surface area contributed by atoms with Crippen molar-refractivity contribution in [2.45, 2.75) is 6.92 Å². The van der Waals surface area contributed by atoms with Crippen LogP contribution in [0.4, 0.5) is 4.39 Å². The van der Waals surface area contributed by atoms with E-state index in [4.69, 9.17) is 0 Å². The maximum absolute atomic E-state index is 12.6. The molecule has 1 aromatic rings. The van der Waals surface area contributed by atoms with E-state index in [1.54, 1.807) is 18.3 Å². The third-order valence-corrected chi connectivity index (χ3v) is 1.51. The third kappa shape index (κ3) is 3.80. The first-order chi connectivity index (χ1) is 6.68. The molecule has 0 unspecified atom stereocenters. The Morgan fingerprint density at radius 1 is 1.64 bits per heavy atom. The van der Waals surface area contributed by atoms with E-state index in [1.165, 1.54) is 13.0 Å². The van der Waals surface area contributed by atoms with Gasteiger partial charge in [-0.25, -0.2) is 4.39 Å². The summed E-state index contributed by atoms with van der Waals surface area (Å²) in [6.45, 7) is 1.88. The summed E-state index contributed by atoms with van der Waals surface area (Å²) in [7, 11) is 0. The van der Waals surface area contributed by atoms with Gasteiger partial charge < -0.3 is 5.32 Å². The minimum atomic E-state index is -0.369. The Hall–Kier alpha value is -1.71. The fourth-order valence-electron chi connectivity index (χ4n) is 0.917. The zero-order chi connectivity index (χ0) is 10.4. The highest BCUT2D eigenvalue weighted by Crippen LogP contribution is 2.02. The fraction of sp³-hybridized carbons (Fsp3) is 0.200. The van der Waals surface area contributed by atoms with E-state index in [0.29, 0.717) is 12.1 Å². The molecular weight excluding hydrogens is 183 g/mol. The topological polar surface area (TPSA) is 42.0 Å². The van der Waals surface area contributed by atoms with E-state index in [2.05, 4.69) is 10.3 Å². The number of nitrogens with one attached hydrogen (secondary N) is 1. The van der Waals surface area contributed by atoms with Crippen molar-refractivity contribution >= 4 is 12.0 Å². The predicted molar refractivity (Wildman–Crippen MR) is 51.9 cm³/mol. The van der Waals surface area contributed by atoms with Gasteiger partial charge in [-0.3, -0.25) is 9.78 Å². The summed E-state index contributed by atoms with van der Waals surface area (Å²) in [6.07, 6.45) is 6.13. The van der Waals surface area contributed by atoms with Gasteiger partial charge in [0.05, 0.1) is 6.20 Å². The predicted octanol–water partition coefficient (Wildman–Crippen LogP) is 1.37. The number of amides is 1. The van der Waals surface area contributed by atoms with Gasteiger partial charge in [0, 0.05) is 19.7 Å². The van der Waals surface area contributed by atoms with E-state index >= 15 is 0 Å². The number of nitrogens with zero attached hydrogens (tertiary/aromatic N) is 1. The fourth-order valence-corrected chi connectivity index (χ4v) is 0.917. The molecule has 1 aromatic heterocycles. The molecule has 74 valence electrons. The van der Waals surface area contributed by atoms with Gasteiger partial charge in [0.2, 0.25) is 5.91 Å². The highest BCUT2D eigenvalue weighted by atomic mass is 19.1. The second-order valence-corrected chi connectivity index (χ2v) is 2.78. The second-order valence-electron chi connectivity index (χ2n) is 2.78. The molecule has 14 heavy (non-hydrogen) atoms. The van der Waals surface area contributed by atoms with Crippen LogP contribution in [0.5, 0.6) is 0 Å². The minimum Gasteiger partial charge on any atom is -0.353 e. The van der Waals surface area contributed by atoms with Crippen molar-refractivity contribution in [3.8, 4) is 0 Å². The summed E-state index contributed by atoms with van der Waals surface area (Å²) in [6, 6.07) is 1.37. The van der Waals surface area contributed by atoms with Crippen LogP contribution in [-0.2, 0) is 4.79 Å². The van der Waals surface area contributed by atoms with Gasteiger partial charge in [0.25, 0.3) is 0 Å². The van der Waals surface area contributed by atoms with Gasteiger partial charge in [0.15, 0.2) is 0 Å². The van der Waals surface area contributed by atoms with Crippen LogP contribution in [0.15, 0.2) is 24.5 Å². The van der Waals surface area contributed by atoms with Gasteiger partial charge in [-0.05, 0) is 11.6 Å². The van der Waals surface area contributed by atoms with Crippen LogP contribution in [0.1, 0.15) is 12.5 Å². The summed E-state index contributed by atoms with van der Waals surface area (Å²) in [5.41, 5.74) is 0.676. The van der Waals surface area contributed by atoms with Crippen molar-refractivity contribution in [2.24, 2.45) is 0 Å². The number of carbonyl (C=O) groups excluding carboxylic acids is 1. The Morgan fingerprint density at radius 2 is 2.43 bits per heavy atom. The normalized spacial score (nSPS) is 10.4. The van der Waals surface area contributed by atoms with Gasteiger partial charge in [-0.2, -0.15) is 0 Å². The Morgan fingerprint density at radius 3 is 3.07 bits per heavy atom. The van der Waals surface area contributed by atoms with E-state index in [0.717, 1.165) is 6.20 Å². The summed E-state index contributed by atoms with van der Waals surface area (Å²) in [5, 5.41) is 2.59. The van der Waals surface area contributed by atoms with Crippen LogP contribution < -0.4 is 5.32 Å². The zero-order valence-corrected chi connectivity index (χ0v) is 7.83. The second kappa shape index (κ2) is 5.11. The Balaban J connectivity index is 2.47. The van der Waals surface area contributed by atoms with Gasteiger partial charge in [-0.15, -0.1) is 0 Å². The molecule has 1 amide bonds. The number of halogens is 1. The summed E-state index contributed by atoms with van der Waals surface area (Å²) in [5.74, 6) is -0.460. The smallest absolute Gasteiger partial charge is 0.217 e. The molecule has 4 heteroatoms. The Kier molecular flexibility index (Phi) is 3.79.